The first-order chi connectivity index (χ1) is 13.0. The Morgan fingerprint density at radius 1 is 1.11 bits per heavy atom. The van der Waals surface area contributed by atoms with Gasteiger partial charge in [-0.15, -0.1) is 11.3 Å². The molecule has 7 heteroatoms. The summed E-state index contributed by atoms with van der Waals surface area (Å²) in [4.78, 5) is 14.1. The predicted octanol–water partition coefficient (Wildman–Crippen LogP) is 6.24. The van der Waals surface area contributed by atoms with Gasteiger partial charge in [0.2, 0.25) is 0 Å². The quantitative estimate of drug-likeness (QED) is 0.397. The normalized spacial score (nSPS) is 11.1. The fourth-order valence-electron chi connectivity index (χ4n) is 2.11. The molecule has 0 unspecified atom stereocenters. The molecular formula is C20H12ClFN2OS2. The Morgan fingerprint density at radius 2 is 1.81 bits per heavy atom. The lowest BCUT2D eigenvalue weighted by Crippen LogP contribution is -2.13. The topological polar surface area (TPSA) is 52.9 Å². The van der Waals surface area contributed by atoms with Crippen LogP contribution in [0.5, 0.6) is 0 Å². The van der Waals surface area contributed by atoms with Crippen molar-refractivity contribution in [3.8, 4) is 6.07 Å². The number of carbonyl (C=O) groups excluding carboxylic acids is 1. The van der Waals surface area contributed by atoms with Gasteiger partial charge in [-0.1, -0.05) is 23.4 Å². The lowest BCUT2D eigenvalue weighted by molar-refractivity contribution is -0.112. The molecule has 0 atom stereocenters. The molecule has 2 aromatic carbocycles. The van der Waals surface area contributed by atoms with E-state index in [1.807, 2.05) is 42.5 Å². The summed E-state index contributed by atoms with van der Waals surface area (Å²) < 4.78 is 14.0. The second-order valence-electron chi connectivity index (χ2n) is 5.34. The number of halogens is 2. The van der Waals surface area contributed by atoms with Gasteiger partial charge in [0, 0.05) is 20.5 Å². The lowest BCUT2D eigenvalue weighted by atomic mass is 10.2. The van der Waals surface area contributed by atoms with Gasteiger partial charge in [0.15, 0.2) is 0 Å². The summed E-state index contributed by atoms with van der Waals surface area (Å²) >= 11 is 8.94. The van der Waals surface area contributed by atoms with Crippen LogP contribution in [-0.2, 0) is 4.79 Å². The van der Waals surface area contributed by atoms with Crippen molar-refractivity contribution in [2.24, 2.45) is 0 Å². The average molecular weight is 415 g/mol. The number of amides is 1. The van der Waals surface area contributed by atoms with Crippen molar-refractivity contribution >= 4 is 52.4 Å². The SMILES string of the molecule is N#C/C(=C/c1ccc(Sc2ccc(Cl)cc2)s1)C(=O)Nc1ccc(F)cc1. The average Bonchev–Trinajstić information content (AvgIpc) is 3.10. The van der Waals surface area contributed by atoms with Gasteiger partial charge in [0.1, 0.15) is 17.5 Å². The van der Waals surface area contributed by atoms with Crippen LogP contribution in [0.2, 0.25) is 5.02 Å². The zero-order chi connectivity index (χ0) is 19.2. The third-order valence-electron chi connectivity index (χ3n) is 3.39. The maximum Gasteiger partial charge on any atom is 0.266 e. The third-order valence-corrected chi connectivity index (χ3v) is 5.81. The number of thiophene rings is 1. The largest absolute Gasteiger partial charge is 0.321 e. The molecule has 0 spiro atoms. The van der Waals surface area contributed by atoms with Crippen molar-refractivity contribution in [2.75, 3.05) is 5.32 Å². The van der Waals surface area contributed by atoms with Crippen LogP contribution in [0.4, 0.5) is 10.1 Å². The van der Waals surface area contributed by atoms with E-state index in [4.69, 9.17) is 11.6 Å². The summed E-state index contributed by atoms with van der Waals surface area (Å²) in [6.07, 6.45) is 1.54. The van der Waals surface area contributed by atoms with Crippen LogP contribution in [0, 0.1) is 17.1 Å². The van der Waals surface area contributed by atoms with Gasteiger partial charge < -0.3 is 5.32 Å². The lowest BCUT2D eigenvalue weighted by Gasteiger charge is -2.03. The minimum atomic E-state index is -0.538. The Labute approximate surface area is 169 Å². The van der Waals surface area contributed by atoms with Crippen LogP contribution in [0.25, 0.3) is 6.08 Å². The highest BCUT2D eigenvalue weighted by Gasteiger charge is 2.11. The van der Waals surface area contributed by atoms with Crippen LogP contribution in [0.1, 0.15) is 4.88 Å². The van der Waals surface area contributed by atoms with Gasteiger partial charge in [-0.25, -0.2) is 4.39 Å². The molecule has 0 aliphatic heterocycles. The van der Waals surface area contributed by atoms with Crippen molar-refractivity contribution in [1.29, 1.82) is 5.26 Å². The molecule has 27 heavy (non-hydrogen) atoms. The van der Waals surface area contributed by atoms with Crippen molar-refractivity contribution in [3.63, 3.8) is 0 Å². The van der Waals surface area contributed by atoms with E-state index >= 15 is 0 Å². The molecule has 0 saturated heterocycles. The van der Waals surface area contributed by atoms with Crippen LogP contribution >= 0.6 is 34.7 Å². The molecule has 1 amide bonds. The number of nitrogens with zero attached hydrogens (tertiary/aromatic N) is 1. The van der Waals surface area contributed by atoms with Gasteiger partial charge >= 0.3 is 0 Å². The van der Waals surface area contributed by atoms with Crippen LogP contribution < -0.4 is 5.32 Å². The van der Waals surface area contributed by atoms with Crippen LogP contribution in [0.15, 0.2) is 75.3 Å². The van der Waals surface area contributed by atoms with Crippen molar-refractivity contribution < 1.29 is 9.18 Å². The molecule has 0 radical (unpaired) electrons. The summed E-state index contributed by atoms with van der Waals surface area (Å²) in [5.41, 5.74) is 0.400. The van der Waals surface area contributed by atoms with Crippen LogP contribution in [0.3, 0.4) is 0 Å². The van der Waals surface area contributed by atoms with Gasteiger partial charge in [-0.3, -0.25) is 4.79 Å². The Bertz CT molecular complexity index is 1020. The number of nitrogens with one attached hydrogen (secondary N) is 1. The van der Waals surface area contributed by atoms with E-state index in [9.17, 15) is 14.4 Å². The Hall–Kier alpha value is -2.59. The summed E-state index contributed by atoms with van der Waals surface area (Å²) in [5.74, 6) is -0.933. The van der Waals surface area contributed by atoms with E-state index in [2.05, 4.69) is 5.32 Å². The van der Waals surface area contributed by atoms with E-state index < -0.39 is 11.7 Å². The summed E-state index contributed by atoms with van der Waals surface area (Å²) in [7, 11) is 0. The summed E-state index contributed by atoms with van der Waals surface area (Å²) in [6.45, 7) is 0. The smallest absolute Gasteiger partial charge is 0.266 e. The fourth-order valence-corrected chi connectivity index (χ4v) is 4.30. The number of carbonyl (C=O) groups is 1. The number of hydrogen-bond donors (Lipinski definition) is 1. The molecule has 1 N–H and O–H groups in total. The zero-order valence-electron chi connectivity index (χ0n) is 13.8. The number of anilines is 1. The molecule has 0 aliphatic rings. The number of rotatable bonds is 5. The number of benzene rings is 2. The second kappa shape index (κ2) is 8.87. The standard InChI is InChI=1S/C20H12ClFN2OS2/c21-14-1-7-17(8-2-14)26-19-10-9-18(27-19)11-13(12-23)20(25)24-16-5-3-15(22)4-6-16/h1-11H,(H,24,25)/b13-11-. The second-order valence-corrected chi connectivity index (χ2v) is 8.27. The first kappa shape index (κ1) is 19.2. The molecule has 0 fully saturated rings. The first-order valence-electron chi connectivity index (χ1n) is 7.75. The summed E-state index contributed by atoms with van der Waals surface area (Å²) in [5, 5.41) is 12.6. The molecule has 0 bridgehead atoms. The summed E-state index contributed by atoms with van der Waals surface area (Å²) in [6, 6.07) is 18.6. The number of hydrogen-bond acceptors (Lipinski definition) is 4. The molecule has 1 heterocycles. The molecule has 3 aromatic rings. The minimum Gasteiger partial charge on any atom is -0.321 e. The van der Waals surface area contributed by atoms with Crippen molar-refractivity contribution in [3.05, 3.63) is 82.0 Å². The van der Waals surface area contributed by atoms with E-state index in [0.717, 1.165) is 14.0 Å². The van der Waals surface area contributed by atoms with Gasteiger partial charge in [-0.05, 0) is 66.7 Å². The predicted molar refractivity (Wildman–Crippen MR) is 109 cm³/mol. The highest BCUT2D eigenvalue weighted by Crippen LogP contribution is 2.34. The molecule has 134 valence electrons. The molecule has 1 aromatic heterocycles. The zero-order valence-corrected chi connectivity index (χ0v) is 16.2. The van der Waals surface area contributed by atoms with Crippen molar-refractivity contribution in [1.82, 2.24) is 0 Å². The van der Waals surface area contributed by atoms with Gasteiger partial charge in [0.05, 0.1) is 4.21 Å². The Kier molecular flexibility index (Phi) is 6.30. The molecule has 0 aliphatic carbocycles. The molecule has 3 nitrogen and oxygen atoms in total. The molecule has 3 rings (SSSR count). The molecule has 0 saturated carbocycles. The van der Waals surface area contributed by atoms with Gasteiger partial charge in [0.25, 0.3) is 5.91 Å². The maximum atomic E-state index is 12.9. The Morgan fingerprint density at radius 3 is 2.48 bits per heavy atom. The van der Waals surface area contributed by atoms with E-state index in [1.165, 1.54) is 41.7 Å². The third kappa shape index (κ3) is 5.44. The highest BCUT2D eigenvalue weighted by atomic mass is 35.5. The van der Waals surface area contributed by atoms with E-state index in [0.29, 0.717) is 10.7 Å². The first-order valence-corrected chi connectivity index (χ1v) is 9.76. The van der Waals surface area contributed by atoms with E-state index in [-0.39, 0.29) is 5.57 Å². The molecular weight excluding hydrogens is 403 g/mol. The Balaban J connectivity index is 1.71. The minimum absolute atomic E-state index is 0.0239. The monoisotopic (exact) mass is 414 g/mol. The van der Waals surface area contributed by atoms with Crippen molar-refractivity contribution in [2.45, 2.75) is 9.10 Å². The fraction of sp³-hybridized carbons (Fsp3) is 0. The van der Waals surface area contributed by atoms with E-state index in [1.54, 1.807) is 11.8 Å². The van der Waals surface area contributed by atoms with Gasteiger partial charge in [-0.2, -0.15) is 5.26 Å². The maximum absolute atomic E-state index is 12.9. The highest BCUT2D eigenvalue weighted by molar-refractivity contribution is 8.01. The number of nitriles is 1. The van der Waals surface area contributed by atoms with Crippen LogP contribution in [-0.4, -0.2) is 5.91 Å².